The highest BCUT2D eigenvalue weighted by molar-refractivity contribution is 5.55. The van der Waals surface area contributed by atoms with E-state index < -0.39 is 4.92 Å². The number of phenols is 2. The summed E-state index contributed by atoms with van der Waals surface area (Å²) in [6.07, 6.45) is 5.54. The van der Waals surface area contributed by atoms with Gasteiger partial charge in [0.15, 0.2) is 11.5 Å². The van der Waals surface area contributed by atoms with E-state index in [2.05, 4.69) is 6.92 Å². The first-order valence-corrected chi connectivity index (χ1v) is 6.26. The van der Waals surface area contributed by atoms with E-state index in [1.807, 2.05) is 0 Å². The third kappa shape index (κ3) is 3.61. The molecule has 0 saturated carbocycles. The van der Waals surface area contributed by atoms with Crippen LogP contribution in [0.4, 0.5) is 5.69 Å². The predicted molar refractivity (Wildman–Crippen MR) is 68.9 cm³/mol. The molecule has 100 valence electrons. The van der Waals surface area contributed by atoms with Crippen LogP contribution in [0.25, 0.3) is 0 Å². The van der Waals surface area contributed by atoms with Crippen LogP contribution >= 0.6 is 0 Å². The molecular weight excluding hydrogens is 234 g/mol. The number of benzene rings is 1. The zero-order valence-corrected chi connectivity index (χ0v) is 10.6. The van der Waals surface area contributed by atoms with E-state index in [-0.39, 0.29) is 22.7 Å². The van der Waals surface area contributed by atoms with Gasteiger partial charge in [-0.15, -0.1) is 0 Å². The quantitative estimate of drug-likeness (QED) is 0.337. The van der Waals surface area contributed by atoms with Crippen LogP contribution in [-0.2, 0) is 6.42 Å². The summed E-state index contributed by atoms with van der Waals surface area (Å²) in [5.74, 6) is -0.663. The van der Waals surface area contributed by atoms with Crippen molar-refractivity contribution >= 4 is 5.69 Å². The van der Waals surface area contributed by atoms with Crippen LogP contribution in [0.5, 0.6) is 11.5 Å². The SMILES string of the molecule is CCCCCCCc1c([N+](=O)[O-])ccc(O)c1O. The second-order valence-electron chi connectivity index (χ2n) is 4.35. The molecule has 0 heterocycles. The van der Waals surface area contributed by atoms with E-state index in [9.17, 15) is 20.3 Å². The fraction of sp³-hybridized carbons (Fsp3) is 0.538. The molecular formula is C13H19NO4. The van der Waals surface area contributed by atoms with Crippen molar-refractivity contribution in [3.05, 3.63) is 27.8 Å². The van der Waals surface area contributed by atoms with Crippen LogP contribution < -0.4 is 0 Å². The fourth-order valence-electron chi connectivity index (χ4n) is 1.94. The lowest BCUT2D eigenvalue weighted by molar-refractivity contribution is -0.385. The Kier molecular flexibility index (Phi) is 5.42. The molecule has 0 amide bonds. The maximum atomic E-state index is 10.8. The molecule has 0 saturated heterocycles. The summed E-state index contributed by atoms with van der Waals surface area (Å²) >= 11 is 0. The van der Waals surface area contributed by atoms with Crippen molar-refractivity contribution in [3.63, 3.8) is 0 Å². The highest BCUT2D eigenvalue weighted by Gasteiger charge is 2.19. The van der Waals surface area contributed by atoms with Gasteiger partial charge in [-0.1, -0.05) is 32.6 Å². The summed E-state index contributed by atoms with van der Waals surface area (Å²) in [6, 6.07) is 2.38. The molecule has 0 aliphatic carbocycles. The van der Waals surface area contributed by atoms with Gasteiger partial charge >= 0.3 is 0 Å². The monoisotopic (exact) mass is 253 g/mol. The van der Waals surface area contributed by atoms with Gasteiger partial charge < -0.3 is 10.2 Å². The number of aromatic hydroxyl groups is 2. The lowest BCUT2D eigenvalue weighted by Gasteiger charge is -2.07. The predicted octanol–water partition coefficient (Wildman–Crippen LogP) is 3.52. The minimum atomic E-state index is -0.527. The molecule has 0 unspecified atom stereocenters. The molecule has 0 radical (unpaired) electrons. The first-order chi connectivity index (χ1) is 8.57. The average Bonchev–Trinajstić information content (AvgIpc) is 2.33. The number of rotatable bonds is 7. The van der Waals surface area contributed by atoms with E-state index in [1.165, 1.54) is 6.07 Å². The molecule has 0 bridgehead atoms. The molecule has 0 aliphatic heterocycles. The summed E-state index contributed by atoms with van der Waals surface area (Å²) in [5, 5.41) is 29.9. The Morgan fingerprint density at radius 3 is 2.44 bits per heavy atom. The van der Waals surface area contributed by atoms with Crippen LogP contribution in [0.1, 0.15) is 44.6 Å². The lowest BCUT2D eigenvalue weighted by Crippen LogP contribution is -1.96. The molecule has 18 heavy (non-hydrogen) atoms. The minimum Gasteiger partial charge on any atom is -0.504 e. The Hall–Kier alpha value is -1.78. The fourth-order valence-corrected chi connectivity index (χ4v) is 1.94. The number of phenolic OH excluding ortho intramolecular Hbond substituents is 2. The highest BCUT2D eigenvalue weighted by Crippen LogP contribution is 2.36. The van der Waals surface area contributed by atoms with Crippen LogP contribution in [0.15, 0.2) is 12.1 Å². The van der Waals surface area contributed by atoms with Gasteiger partial charge in [0.05, 0.1) is 10.5 Å². The number of nitrogens with zero attached hydrogens (tertiary/aromatic N) is 1. The van der Waals surface area contributed by atoms with Gasteiger partial charge in [-0.3, -0.25) is 10.1 Å². The summed E-state index contributed by atoms with van der Waals surface area (Å²) in [4.78, 5) is 10.3. The number of unbranched alkanes of at least 4 members (excludes halogenated alkanes) is 4. The molecule has 1 aromatic carbocycles. The highest BCUT2D eigenvalue weighted by atomic mass is 16.6. The summed E-state index contributed by atoms with van der Waals surface area (Å²) in [7, 11) is 0. The molecule has 5 heteroatoms. The van der Waals surface area contributed by atoms with Crippen LogP contribution in [0.3, 0.4) is 0 Å². The second kappa shape index (κ2) is 6.83. The molecule has 2 N–H and O–H groups in total. The van der Waals surface area contributed by atoms with E-state index in [1.54, 1.807) is 0 Å². The first kappa shape index (κ1) is 14.3. The first-order valence-electron chi connectivity index (χ1n) is 6.26. The molecule has 0 aromatic heterocycles. The van der Waals surface area contributed by atoms with Crippen molar-refractivity contribution in [2.24, 2.45) is 0 Å². The van der Waals surface area contributed by atoms with Crippen molar-refractivity contribution in [2.45, 2.75) is 45.4 Å². The molecule has 0 atom stereocenters. The summed E-state index contributed by atoms with van der Waals surface area (Å²) < 4.78 is 0. The molecule has 1 aromatic rings. The van der Waals surface area contributed by atoms with Crippen molar-refractivity contribution in [1.82, 2.24) is 0 Å². The van der Waals surface area contributed by atoms with E-state index >= 15 is 0 Å². The molecule has 0 aliphatic rings. The van der Waals surface area contributed by atoms with Gasteiger partial charge in [0.2, 0.25) is 0 Å². The smallest absolute Gasteiger partial charge is 0.276 e. The van der Waals surface area contributed by atoms with Gasteiger partial charge in [0.25, 0.3) is 5.69 Å². The Morgan fingerprint density at radius 2 is 1.83 bits per heavy atom. The van der Waals surface area contributed by atoms with Crippen molar-refractivity contribution in [3.8, 4) is 11.5 Å². The maximum Gasteiger partial charge on any atom is 0.276 e. The Morgan fingerprint density at radius 1 is 1.17 bits per heavy atom. The van der Waals surface area contributed by atoms with Gasteiger partial charge in [0, 0.05) is 6.07 Å². The molecule has 5 nitrogen and oxygen atoms in total. The number of hydrogen-bond acceptors (Lipinski definition) is 4. The van der Waals surface area contributed by atoms with E-state index in [4.69, 9.17) is 0 Å². The standard InChI is InChI=1S/C13H19NO4/c1-2-3-4-5-6-7-10-11(14(17)18)8-9-12(15)13(10)16/h8-9,15-16H,2-7H2,1H3. The topological polar surface area (TPSA) is 83.6 Å². The van der Waals surface area contributed by atoms with Crippen LogP contribution in [-0.4, -0.2) is 15.1 Å². The second-order valence-corrected chi connectivity index (χ2v) is 4.35. The molecule has 1 rings (SSSR count). The number of hydrogen-bond donors (Lipinski definition) is 2. The zero-order chi connectivity index (χ0) is 13.5. The lowest BCUT2D eigenvalue weighted by atomic mass is 10.0. The van der Waals surface area contributed by atoms with Crippen molar-refractivity contribution in [1.29, 1.82) is 0 Å². The van der Waals surface area contributed by atoms with Crippen molar-refractivity contribution < 1.29 is 15.1 Å². The van der Waals surface area contributed by atoms with Gasteiger partial charge in [0.1, 0.15) is 0 Å². The Bertz CT molecular complexity index is 418. The van der Waals surface area contributed by atoms with Crippen LogP contribution in [0.2, 0.25) is 0 Å². The number of nitro groups is 1. The largest absolute Gasteiger partial charge is 0.504 e. The van der Waals surface area contributed by atoms with E-state index in [0.717, 1.165) is 38.2 Å². The summed E-state index contributed by atoms with van der Waals surface area (Å²) in [5.41, 5.74) is 0.109. The molecule has 0 fully saturated rings. The van der Waals surface area contributed by atoms with Gasteiger partial charge in [-0.25, -0.2) is 0 Å². The van der Waals surface area contributed by atoms with Crippen molar-refractivity contribution in [2.75, 3.05) is 0 Å². The normalized spacial score (nSPS) is 10.5. The molecule has 0 spiro atoms. The minimum absolute atomic E-state index is 0.124. The third-order valence-electron chi connectivity index (χ3n) is 2.96. The van der Waals surface area contributed by atoms with Gasteiger partial charge in [-0.2, -0.15) is 0 Å². The Balaban J connectivity index is 2.73. The Labute approximate surface area is 106 Å². The van der Waals surface area contributed by atoms with Crippen LogP contribution in [0, 0.1) is 10.1 Å². The zero-order valence-electron chi connectivity index (χ0n) is 10.6. The maximum absolute atomic E-state index is 10.8. The van der Waals surface area contributed by atoms with Gasteiger partial charge in [-0.05, 0) is 18.9 Å². The summed E-state index contributed by atoms with van der Waals surface area (Å²) in [6.45, 7) is 2.12. The third-order valence-corrected chi connectivity index (χ3v) is 2.96. The average molecular weight is 253 g/mol. The number of nitro benzene ring substituents is 1. The van der Waals surface area contributed by atoms with E-state index in [0.29, 0.717) is 6.42 Å².